The molecule has 6 rings (SSSR count). The fraction of sp³-hybridized carbons (Fsp3) is 0.178. The molecular weight excluding hydrogens is 764 g/mol. The van der Waals surface area contributed by atoms with E-state index in [4.69, 9.17) is 37.9 Å². The first-order chi connectivity index (χ1) is 28.6. The van der Waals surface area contributed by atoms with E-state index in [2.05, 4.69) is 0 Å². The van der Waals surface area contributed by atoms with E-state index >= 15 is 0 Å². The van der Waals surface area contributed by atoms with E-state index in [1.54, 1.807) is 84.9 Å². The number of carbonyl (C=O) groups is 5. The number of hydrogen-bond acceptors (Lipinski definition) is 13. The van der Waals surface area contributed by atoms with Crippen LogP contribution in [-0.2, 0) is 28.5 Å². The molecule has 0 amide bonds. The second-order valence-electron chi connectivity index (χ2n) is 12.8. The lowest BCUT2D eigenvalue weighted by atomic mass is 9.97. The van der Waals surface area contributed by atoms with Crippen LogP contribution in [0.2, 0.25) is 0 Å². The Kier molecular flexibility index (Phi) is 13.7. The molecule has 1 saturated heterocycles. The van der Waals surface area contributed by atoms with Crippen LogP contribution in [0, 0.1) is 0 Å². The maximum Gasteiger partial charge on any atom is 0.338 e. The van der Waals surface area contributed by atoms with Crippen LogP contribution in [0.4, 0.5) is 0 Å². The molecule has 5 aromatic carbocycles. The summed E-state index contributed by atoms with van der Waals surface area (Å²) in [6, 6.07) is 34.9. The Labute approximate surface area is 338 Å². The van der Waals surface area contributed by atoms with Gasteiger partial charge in [-0.25, -0.2) is 24.0 Å². The normalized spacial score (nSPS) is 18.5. The van der Waals surface area contributed by atoms with Crippen molar-refractivity contribution in [2.24, 2.45) is 0 Å². The summed E-state index contributed by atoms with van der Waals surface area (Å²) in [5.74, 6) is -4.60. The number of aliphatic carboxylic acids is 1. The van der Waals surface area contributed by atoms with Crippen molar-refractivity contribution in [3.8, 4) is 17.2 Å². The third kappa shape index (κ3) is 10.5. The van der Waals surface area contributed by atoms with E-state index < -0.39 is 67.2 Å². The average Bonchev–Trinajstić information content (AvgIpc) is 3.27. The molecule has 1 aliphatic rings. The van der Waals surface area contributed by atoms with Gasteiger partial charge in [-0.2, -0.15) is 0 Å². The van der Waals surface area contributed by atoms with E-state index in [0.29, 0.717) is 5.56 Å². The van der Waals surface area contributed by atoms with E-state index in [-0.39, 0.29) is 39.5 Å². The maximum atomic E-state index is 13.9. The molecule has 14 heteroatoms. The summed E-state index contributed by atoms with van der Waals surface area (Å²) in [4.78, 5) is 66.2. The first-order valence-corrected chi connectivity index (χ1v) is 18.1. The molecule has 0 radical (unpaired) electrons. The zero-order valence-electron chi connectivity index (χ0n) is 31.7. The summed E-state index contributed by atoms with van der Waals surface area (Å²) in [7, 11) is 2.66. The fourth-order valence-electron chi connectivity index (χ4n) is 6.02. The summed E-state index contributed by atoms with van der Waals surface area (Å²) >= 11 is 0. The zero-order chi connectivity index (χ0) is 41.7. The minimum absolute atomic E-state index is 0.0358. The van der Waals surface area contributed by atoms with Crippen molar-refractivity contribution in [2.45, 2.75) is 30.7 Å². The van der Waals surface area contributed by atoms with Crippen molar-refractivity contribution in [1.82, 2.24) is 0 Å². The molecule has 0 unspecified atom stereocenters. The maximum absolute atomic E-state index is 13.9. The molecule has 0 aliphatic carbocycles. The molecule has 1 fully saturated rings. The monoisotopic (exact) mass is 802 g/mol. The van der Waals surface area contributed by atoms with Gasteiger partial charge in [0.1, 0.15) is 12.7 Å². The number of carbonyl (C=O) groups excluding carboxylic acids is 4. The SMILES string of the molecule is COc1cc(C=CC(=O)O)cc(OC)c1O[C@@H]1O[C@H](COC(=O)c2ccccc2)[C@@H](OC(=O)c2ccccc2)[C@H](OC(=O)c2ccccc2)[C@H]1OC(=O)c1ccccc1. The molecule has 1 aliphatic heterocycles. The van der Waals surface area contributed by atoms with Gasteiger partial charge in [-0.05, 0) is 72.3 Å². The van der Waals surface area contributed by atoms with Crippen molar-refractivity contribution in [3.05, 3.63) is 167 Å². The van der Waals surface area contributed by atoms with E-state index in [9.17, 15) is 29.1 Å². The minimum atomic E-state index is -1.72. The Bertz CT molecular complexity index is 2240. The van der Waals surface area contributed by atoms with Gasteiger partial charge in [-0.1, -0.05) is 72.8 Å². The second kappa shape index (κ2) is 19.6. The lowest BCUT2D eigenvalue weighted by molar-refractivity contribution is -0.275. The summed E-state index contributed by atoms with van der Waals surface area (Å²) < 4.78 is 48.1. The van der Waals surface area contributed by atoms with Gasteiger partial charge in [0.2, 0.25) is 18.1 Å². The van der Waals surface area contributed by atoms with Crippen molar-refractivity contribution in [1.29, 1.82) is 0 Å². The van der Waals surface area contributed by atoms with Gasteiger partial charge in [0, 0.05) is 6.08 Å². The largest absolute Gasteiger partial charge is 0.493 e. The minimum Gasteiger partial charge on any atom is -0.493 e. The summed E-state index contributed by atoms with van der Waals surface area (Å²) in [5.41, 5.74) is 0.919. The predicted octanol–water partition coefficient (Wildman–Crippen LogP) is 6.44. The van der Waals surface area contributed by atoms with Crippen LogP contribution in [0.1, 0.15) is 47.0 Å². The van der Waals surface area contributed by atoms with E-state index in [0.717, 1.165) is 6.08 Å². The van der Waals surface area contributed by atoms with Crippen LogP contribution in [0.25, 0.3) is 6.08 Å². The second-order valence-corrected chi connectivity index (χ2v) is 12.8. The quantitative estimate of drug-likeness (QED) is 0.0694. The summed E-state index contributed by atoms with van der Waals surface area (Å²) in [6.45, 7) is -0.577. The number of carboxylic acid groups (broad SMARTS) is 1. The van der Waals surface area contributed by atoms with Gasteiger partial charge in [0.05, 0.1) is 36.5 Å². The highest BCUT2D eigenvalue weighted by Gasteiger charge is 2.54. The Hall–Kier alpha value is -7.45. The molecule has 0 aromatic heterocycles. The van der Waals surface area contributed by atoms with Crippen LogP contribution < -0.4 is 14.2 Å². The molecule has 5 atom stereocenters. The van der Waals surface area contributed by atoms with Crippen molar-refractivity contribution in [3.63, 3.8) is 0 Å². The van der Waals surface area contributed by atoms with E-state index in [1.165, 1.54) is 68.8 Å². The third-order valence-corrected chi connectivity index (χ3v) is 8.87. The molecule has 14 nitrogen and oxygen atoms in total. The van der Waals surface area contributed by atoms with Gasteiger partial charge in [-0.3, -0.25) is 0 Å². The lowest BCUT2D eigenvalue weighted by Gasteiger charge is -2.44. The number of methoxy groups -OCH3 is 2. The van der Waals surface area contributed by atoms with Crippen LogP contribution in [0.5, 0.6) is 17.2 Å². The summed E-state index contributed by atoms with van der Waals surface area (Å²) in [6.07, 6.45) is -5.91. The van der Waals surface area contributed by atoms with Gasteiger partial charge in [0.25, 0.3) is 0 Å². The Morgan fingerprint density at radius 3 is 1.41 bits per heavy atom. The Balaban J connectivity index is 1.48. The highest BCUT2D eigenvalue weighted by Crippen LogP contribution is 2.42. The molecular formula is C45H38O14. The fourth-order valence-corrected chi connectivity index (χ4v) is 6.02. The first-order valence-electron chi connectivity index (χ1n) is 18.1. The third-order valence-electron chi connectivity index (χ3n) is 8.87. The first kappa shape index (κ1) is 41.2. The number of hydrogen-bond donors (Lipinski definition) is 1. The standard InChI is InChI=1S/C45H38O14/c1-52-33-25-28(23-24-36(46)47)26-34(53-2)37(33)59-45-40(58-44(51)32-21-13-6-14-22-32)39(57-43(50)31-19-11-5-12-20-31)38(56-42(49)30-17-9-4-10-18-30)35(55-45)27-54-41(48)29-15-7-3-8-16-29/h3-26,35,38-40,45H,27H2,1-2H3,(H,46,47)/t35-,38-,39+,40-,45+/m1/s1. The summed E-state index contributed by atoms with van der Waals surface area (Å²) in [5, 5.41) is 9.22. The number of rotatable bonds is 15. The zero-order valence-corrected chi connectivity index (χ0v) is 31.7. The molecule has 5 aromatic rings. The molecule has 0 bridgehead atoms. The van der Waals surface area contributed by atoms with E-state index in [1.807, 2.05) is 0 Å². The smallest absolute Gasteiger partial charge is 0.338 e. The van der Waals surface area contributed by atoms with Gasteiger partial charge in [0.15, 0.2) is 23.7 Å². The van der Waals surface area contributed by atoms with Gasteiger partial charge in [-0.15, -0.1) is 0 Å². The van der Waals surface area contributed by atoms with Crippen molar-refractivity contribution in [2.75, 3.05) is 20.8 Å². The number of ether oxygens (including phenoxy) is 8. The topological polar surface area (TPSA) is 179 Å². The van der Waals surface area contributed by atoms with Crippen LogP contribution in [-0.4, -0.2) is 86.5 Å². The Morgan fingerprint density at radius 1 is 0.576 bits per heavy atom. The average molecular weight is 803 g/mol. The molecule has 302 valence electrons. The highest BCUT2D eigenvalue weighted by molar-refractivity contribution is 5.92. The number of benzene rings is 5. The predicted molar refractivity (Wildman–Crippen MR) is 209 cm³/mol. The highest BCUT2D eigenvalue weighted by atomic mass is 16.7. The molecule has 59 heavy (non-hydrogen) atoms. The van der Waals surface area contributed by atoms with Crippen LogP contribution >= 0.6 is 0 Å². The van der Waals surface area contributed by atoms with Crippen molar-refractivity contribution < 1.29 is 67.0 Å². The van der Waals surface area contributed by atoms with Crippen LogP contribution in [0.3, 0.4) is 0 Å². The molecule has 1 N–H and O–H groups in total. The number of carboxylic acids is 1. The lowest BCUT2D eigenvalue weighted by Crippen LogP contribution is -2.64. The van der Waals surface area contributed by atoms with Crippen molar-refractivity contribution >= 4 is 35.9 Å². The molecule has 0 saturated carbocycles. The number of esters is 4. The van der Waals surface area contributed by atoms with Crippen LogP contribution in [0.15, 0.2) is 140 Å². The molecule has 0 spiro atoms. The van der Waals surface area contributed by atoms with Gasteiger partial charge < -0.3 is 43.0 Å². The Morgan fingerprint density at radius 2 is 0.983 bits per heavy atom. The molecule has 1 heterocycles. The van der Waals surface area contributed by atoms with Gasteiger partial charge >= 0.3 is 29.8 Å².